The first kappa shape index (κ1) is 18.4. The number of ether oxygens (including phenoxy) is 1. The van der Waals surface area contributed by atoms with Gasteiger partial charge in [-0.1, -0.05) is 12.1 Å². The Morgan fingerprint density at radius 2 is 1.96 bits per heavy atom. The second-order valence-corrected chi connectivity index (χ2v) is 6.49. The van der Waals surface area contributed by atoms with E-state index in [2.05, 4.69) is 10.2 Å². The van der Waals surface area contributed by atoms with Crippen LogP contribution in [0.4, 0.5) is 5.69 Å². The minimum absolute atomic E-state index is 0.00686. The Bertz CT molecular complexity index is 711. The zero-order chi connectivity index (χ0) is 18.5. The van der Waals surface area contributed by atoms with E-state index in [-0.39, 0.29) is 18.8 Å². The summed E-state index contributed by atoms with van der Waals surface area (Å²) in [5.74, 6) is -0.216. The van der Waals surface area contributed by atoms with E-state index in [4.69, 9.17) is 9.84 Å². The summed E-state index contributed by atoms with van der Waals surface area (Å²) in [6, 6.07) is 5.76. The molecule has 1 aromatic rings. The molecule has 2 aliphatic heterocycles. The van der Waals surface area contributed by atoms with Gasteiger partial charge in [-0.25, -0.2) is 0 Å². The van der Waals surface area contributed by atoms with E-state index in [1.807, 2.05) is 18.2 Å². The summed E-state index contributed by atoms with van der Waals surface area (Å²) in [7, 11) is 1.58. The van der Waals surface area contributed by atoms with Crippen LogP contribution in [0.25, 0.3) is 0 Å². The van der Waals surface area contributed by atoms with Gasteiger partial charge >= 0.3 is 0 Å². The van der Waals surface area contributed by atoms with Crippen LogP contribution in [0, 0.1) is 0 Å². The SMILES string of the molecule is COc1cccc(CCN2CCCC2)c1NC1=CC(=O)N(CCO)C1=O. The van der Waals surface area contributed by atoms with E-state index in [1.165, 1.54) is 18.9 Å². The molecule has 7 heteroatoms. The number of nitrogens with one attached hydrogen (secondary N) is 1. The molecule has 0 aliphatic carbocycles. The Morgan fingerprint density at radius 1 is 1.19 bits per heavy atom. The number of nitrogens with zero attached hydrogens (tertiary/aromatic N) is 2. The van der Waals surface area contributed by atoms with Crippen molar-refractivity contribution < 1.29 is 19.4 Å². The van der Waals surface area contributed by atoms with Crippen LogP contribution >= 0.6 is 0 Å². The van der Waals surface area contributed by atoms with Crippen molar-refractivity contribution in [2.75, 3.05) is 45.2 Å². The number of methoxy groups -OCH3 is 1. The first-order chi connectivity index (χ1) is 12.6. The molecule has 1 aromatic carbocycles. The topological polar surface area (TPSA) is 82.1 Å². The third kappa shape index (κ3) is 3.89. The zero-order valence-electron chi connectivity index (χ0n) is 15.0. The summed E-state index contributed by atoms with van der Waals surface area (Å²) in [6.07, 6.45) is 4.59. The smallest absolute Gasteiger partial charge is 0.277 e. The minimum atomic E-state index is -0.430. The molecule has 26 heavy (non-hydrogen) atoms. The number of likely N-dealkylation sites (tertiary alicyclic amines) is 1. The lowest BCUT2D eigenvalue weighted by molar-refractivity contribution is -0.137. The van der Waals surface area contributed by atoms with Gasteiger partial charge in [0.2, 0.25) is 0 Å². The predicted octanol–water partition coefficient (Wildman–Crippen LogP) is 0.990. The molecule has 1 saturated heterocycles. The number of para-hydroxylation sites is 1. The number of anilines is 1. The summed E-state index contributed by atoms with van der Waals surface area (Å²) in [5, 5.41) is 12.1. The highest BCUT2D eigenvalue weighted by molar-refractivity contribution is 6.17. The van der Waals surface area contributed by atoms with Crippen LogP contribution in [0.3, 0.4) is 0 Å². The molecular weight excluding hydrogens is 334 g/mol. The van der Waals surface area contributed by atoms with Crippen LogP contribution in [0.5, 0.6) is 5.75 Å². The summed E-state index contributed by atoms with van der Waals surface area (Å²) >= 11 is 0. The Hall–Kier alpha value is -2.38. The van der Waals surface area contributed by atoms with Gasteiger partial charge in [-0.15, -0.1) is 0 Å². The van der Waals surface area contributed by atoms with Crippen LogP contribution < -0.4 is 10.1 Å². The molecule has 2 N–H and O–H groups in total. The Kier molecular flexibility index (Phi) is 5.90. The average molecular weight is 359 g/mol. The number of benzene rings is 1. The molecule has 3 rings (SSSR count). The van der Waals surface area contributed by atoms with Crippen molar-refractivity contribution in [3.8, 4) is 5.75 Å². The van der Waals surface area contributed by atoms with E-state index < -0.39 is 11.8 Å². The van der Waals surface area contributed by atoms with Crippen LogP contribution in [-0.4, -0.2) is 66.6 Å². The van der Waals surface area contributed by atoms with Crippen molar-refractivity contribution >= 4 is 17.5 Å². The number of hydrogen-bond donors (Lipinski definition) is 2. The van der Waals surface area contributed by atoms with Crippen molar-refractivity contribution in [2.45, 2.75) is 19.3 Å². The summed E-state index contributed by atoms with van der Waals surface area (Å²) < 4.78 is 5.45. The number of carbonyl (C=O) groups is 2. The molecule has 0 bridgehead atoms. The normalized spacial score (nSPS) is 17.8. The molecule has 0 aromatic heterocycles. The minimum Gasteiger partial charge on any atom is -0.495 e. The second-order valence-electron chi connectivity index (χ2n) is 6.49. The number of hydrogen-bond acceptors (Lipinski definition) is 6. The zero-order valence-corrected chi connectivity index (χ0v) is 15.0. The van der Waals surface area contributed by atoms with Gasteiger partial charge in [-0.3, -0.25) is 14.5 Å². The number of amides is 2. The highest BCUT2D eigenvalue weighted by Gasteiger charge is 2.31. The Labute approximate surface area is 153 Å². The average Bonchev–Trinajstić information content (AvgIpc) is 3.25. The molecule has 2 aliphatic rings. The van der Waals surface area contributed by atoms with Gasteiger partial charge in [-0.05, 0) is 44.0 Å². The van der Waals surface area contributed by atoms with Crippen LogP contribution in [-0.2, 0) is 16.0 Å². The van der Waals surface area contributed by atoms with Gasteiger partial charge in [0.25, 0.3) is 11.8 Å². The van der Waals surface area contributed by atoms with Crippen molar-refractivity contribution in [3.05, 3.63) is 35.5 Å². The predicted molar refractivity (Wildman–Crippen MR) is 97.9 cm³/mol. The van der Waals surface area contributed by atoms with Crippen LogP contribution in [0.2, 0.25) is 0 Å². The first-order valence-electron chi connectivity index (χ1n) is 8.97. The maximum absolute atomic E-state index is 12.4. The molecule has 1 fully saturated rings. The highest BCUT2D eigenvalue weighted by atomic mass is 16.5. The van der Waals surface area contributed by atoms with Gasteiger partial charge in [0, 0.05) is 12.6 Å². The maximum Gasteiger partial charge on any atom is 0.277 e. The van der Waals surface area contributed by atoms with Gasteiger partial charge in [0.15, 0.2) is 0 Å². The third-order valence-electron chi connectivity index (χ3n) is 4.82. The molecule has 7 nitrogen and oxygen atoms in total. The monoisotopic (exact) mass is 359 g/mol. The number of carbonyl (C=O) groups excluding carboxylic acids is 2. The third-order valence-corrected chi connectivity index (χ3v) is 4.82. The molecule has 0 unspecified atom stereocenters. The van der Waals surface area contributed by atoms with Gasteiger partial charge < -0.3 is 20.1 Å². The lowest BCUT2D eigenvalue weighted by atomic mass is 10.1. The summed E-state index contributed by atoms with van der Waals surface area (Å²) in [4.78, 5) is 27.8. The van der Waals surface area contributed by atoms with E-state index in [0.717, 1.165) is 36.5 Å². The number of aliphatic hydroxyl groups is 1. The van der Waals surface area contributed by atoms with E-state index in [0.29, 0.717) is 11.4 Å². The van der Waals surface area contributed by atoms with E-state index >= 15 is 0 Å². The van der Waals surface area contributed by atoms with Crippen LogP contribution in [0.1, 0.15) is 18.4 Å². The van der Waals surface area contributed by atoms with Gasteiger partial charge in [-0.2, -0.15) is 0 Å². The van der Waals surface area contributed by atoms with Crippen molar-refractivity contribution in [1.82, 2.24) is 9.80 Å². The quantitative estimate of drug-likeness (QED) is 0.674. The lowest BCUT2D eigenvalue weighted by Crippen LogP contribution is -2.34. The molecular formula is C19H25N3O4. The van der Waals surface area contributed by atoms with E-state index in [9.17, 15) is 9.59 Å². The highest BCUT2D eigenvalue weighted by Crippen LogP contribution is 2.31. The fourth-order valence-electron chi connectivity index (χ4n) is 3.43. The molecule has 140 valence electrons. The Morgan fingerprint density at radius 3 is 2.65 bits per heavy atom. The van der Waals surface area contributed by atoms with Gasteiger partial charge in [0.1, 0.15) is 11.4 Å². The van der Waals surface area contributed by atoms with Crippen molar-refractivity contribution in [2.24, 2.45) is 0 Å². The standard InChI is InChI=1S/C19H25N3O4/c1-26-16-6-4-5-14(7-10-21-8-2-3-9-21)18(16)20-15-13-17(24)22(11-12-23)19(15)25/h4-6,13,20,23H,2-3,7-12H2,1H3. The van der Waals surface area contributed by atoms with E-state index in [1.54, 1.807) is 7.11 Å². The molecule has 0 saturated carbocycles. The summed E-state index contributed by atoms with van der Waals surface area (Å²) in [5.41, 5.74) is 1.96. The first-order valence-corrected chi connectivity index (χ1v) is 8.97. The molecule has 2 heterocycles. The lowest BCUT2D eigenvalue weighted by Gasteiger charge is -2.19. The molecule has 0 radical (unpaired) electrons. The molecule has 2 amide bonds. The fourth-order valence-corrected chi connectivity index (χ4v) is 3.43. The van der Waals surface area contributed by atoms with Crippen LogP contribution in [0.15, 0.2) is 30.0 Å². The summed E-state index contributed by atoms with van der Waals surface area (Å²) in [6.45, 7) is 2.94. The maximum atomic E-state index is 12.4. The molecule has 0 atom stereocenters. The van der Waals surface area contributed by atoms with Gasteiger partial charge in [0.05, 0.1) is 25.9 Å². The fraction of sp³-hybridized carbons (Fsp3) is 0.474. The largest absolute Gasteiger partial charge is 0.495 e. The van der Waals surface area contributed by atoms with Crippen molar-refractivity contribution in [3.63, 3.8) is 0 Å². The number of aliphatic hydroxyl groups excluding tert-OH is 1. The number of imide groups is 1. The van der Waals surface area contributed by atoms with Crippen molar-refractivity contribution in [1.29, 1.82) is 0 Å². The number of β-amino-alcohol motifs (C(OH)–C–C–N with tert-alkyl or cyclic N) is 1. The number of rotatable bonds is 8. The Balaban J connectivity index is 1.78. The second kappa shape index (κ2) is 8.33. The molecule has 0 spiro atoms.